The molecule has 132 valence electrons. The molecule has 0 bridgehead atoms. The zero-order chi connectivity index (χ0) is 18.4. The monoisotopic (exact) mass is 365 g/mol. The maximum atomic E-state index is 12.7. The molecule has 3 aromatic rings. The van der Waals surface area contributed by atoms with E-state index in [9.17, 15) is 8.42 Å². The smallest absolute Gasteiger partial charge is 0.283 e. The molecule has 0 unspecified atom stereocenters. The number of anilines is 1. The lowest BCUT2D eigenvalue weighted by atomic mass is 10.1. The summed E-state index contributed by atoms with van der Waals surface area (Å²) >= 11 is 0. The number of aryl methyl sites for hydroxylation is 1. The van der Waals surface area contributed by atoms with Crippen molar-refractivity contribution in [2.45, 2.75) is 18.2 Å². The molecule has 0 spiro atoms. The first kappa shape index (κ1) is 17.8. The SMILES string of the molecule is Cc1ccc(S(=O)(=O)N=C(Cc2ccccc2)Nc2ccccn2)cc1. The Bertz CT molecular complexity index is 941. The van der Waals surface area contributed by atoms with Crippen molar-refractivity contribution in [1.82, 2.24) is 4.98 Å². The molecule has 26 heavy (non-hydrogen) atoms. The molecule has 0 saturated heterocycles. The molecule has 1 heterocycles. The van der Waals surface area contributed by atoms with E-state index in [1.807, 2.05) is 43.3 Å². The predicted octanol–water partition coefficient (Wildman–Crippen LogP) is 3.83. The molecule has 5 nitrogen and oxygen atoms in total. The maximum absolute atomic E-state index is 12.7. The molecular weight excluding hydrogens is 346 g/mol. The van der Waals surface area contributed by atoms with E-state index < -0.39 is 10.0 Å². The molecule has 0 atom stereocenters. The van der Waals surface area contributed by atoms with Crippen molar-refractivity contribution in [3.8, 4) is 0 Å². The van der Waals surface area contributed by atoms with Crippen LogP contribution >= 0.6 is 0 Å². The summed E-state index contributed by atoms with van der Waals surface area (Å²) in [5.74, 6) is 0.858. The van der Waals surface area contributed by atoms with Gasteiger partial charge in [0.25, 0.3) is 10.0 Å². The first-order chi connectivity index (χ1) is 12.5. The fraction of sp³-hybridized carbons (Fsp3) is 0.100. The number of aromatic nitrogens is 1. The van der Waals surface area contributed by atoms with Crippen LogP contribution in [0.3, 0.4) is 0 Å². The lowest BCUT2D eigenvalue weighted by Crippen LogP contribution is -2.18. The predicted molar refractivity (Wildman–Crippen MR) is 104 cm³/mol. The molecule has 0 aliphatic rings. The summed E-state index contributed by atoms with van der Waals surface area (Å²) in [6.07, 6.45) is 1.99. The van der Waals surface area contributed by atoms with Crippen molar-refractivity contribution in [2.75, 3.05) is 5.32 Å². The van der Waals surface area contributed by atoms with Crippen LogP contribution in [0.4, 0.5) is 5.82 Å². The minimum atomic E-state index is -3.82. The van der Waals surface area contributed by atoms with Gasteiger partial charge in [0, 0.05) is 12.6 Å². The number of hydrogen-bond donors (Lipinski definition) is 1. The molecule has 0 saturated carbocycles. The van der Waals surface area contributed by atoms with Gasteiger partial charge in [-0.25, -0.2) is 4.98 Å². The van der Waals surface area contributed by atoms with Gasteiger partial charge in [-0.2, -0.15) is 8.42 Å². The number of rotatable bonds is 5. The third-order valence-corrected chi connectivity index (χ3v) is 5.03. The van der Waals surface area contributed by atoms with E-state index in [-0.39, 0.29) is 4.90 Å². The van der Waals surface area contributed by atoms with Gasteiger partial charge in [0.05, 0.1) is 4.90 Å². The Labute approximate surface area is 153 Å². The second-order valence-corrected chi connectivity index (χ2v) is 7.43. The highest BCUT2D eigenvalue weighted by Crippen LogP contribution is 2.15. The second kappa shape index (κ2) is 7.93. The Balaban J connectivity index is 1.95. The van der Waals surface area contributed by atoms with Crippen molar-refractivity contribution in [3.63, 3.8) is 0 Å². The van der Waals surface area contributed by atoms with Crippen LogP contribution in [0.1, 0.15) is 11.1 Å². The molecule has 0 radical (unpaired) electrons. The average Bonchev–Trinajstić information content (AvgIpc) is 2.63. The first-order valence-electron chi connectivity index (χ1n) is 8.15. The summed E-state index contributed by atoms with van der Waals surface area (Å²) < 4.78 is 29.4. The highest BCUT2D eigenvalue weighted by Gasteiger charge is 2.15. The van der Waals surface area contributed by atoms with Gasteiger partial charge in [-0.3, -0.25) is 0 Å². The number of benzene rings is 2. The summed E-state index contributed by atoms with van der Waals surface area (Å²) in [5.41, 5.74) is 1.94. The molecule has 2 aromatic carbocycles. The number of hydrogen-bond acceptors (Lipinski definition) is 3. The fourth-order valence-corrected chi connectivity index (χ4v) is 3.37. The molecule has 0 aliphatic carbocycles. The number of sulfonamides is 1. The van der Waals surface area contributed by atoms with Gasteiger partial charge >= 0.3 is 0 Å². The highest BCUT2D eigenvalue weighted by molar-refractivity contribution is 7.90. The maximum Gasteiger partial charge on any atom is 0.283 e. The molecule has 1 aromatic heterocycles. The first-order valence-corrected chi connectivity index (χ1v) is 9.59. The van der Waals surface area contributed by atoms with Gasteiger partial charge in [0.1, 0.15) is 11.7 Å². The third kappa shape index (κ3) is 4.77. The molecule has 0 aliphatic heterocycles. The van der Waals surface area contributed by atoms with E-state index in [1.54, 1.807) is 42.6 Å². The third-order valence-electron chi connectivity index (χ3n) is 3.70. The lowest BCUT2D eigenvalue weighted by molar-refractivity contribution is 0.598. The van der Waals surface area contributed by atoms with Crippen molar-refractivity contribution in [2.24, 2.45) is 4.40 Å². The average molecular weight is 365 g/mol. The molecule has 0 fully saturated rings. The summed E-state index contributed by atoms with van der Waals surface area (Å²) in [7, 11) is -3.82. The Morgan fingerprint density at radius 2 is 1.65 bits per heavy atom. The van der Waals surface area contributed by atoms with Crippen LogP contribution in [-0.2, 0) is 16.4 Å². The van der Waals surface area contributed by atoms with E-state index >= 15 is 0 Å². The molecule has 6 heteroatoms. The zero-order valence-electron chi connectivity index (χ0n) is 14.3. The standard InChI is InChI=1S/C20H19N3O2S/c1-16-10-12-18(13-11-16)26(24,25)23-20(15-17-7-3-2-4-8-17)22-19-9-5-6-14-21-19/h2-14H,15H2,1H3,(H,21,22,23). The number of nitrogens with one attached hydrogen (secondary N) is 1. The number of amidine groups is 1. The Morgan fingerprint density at radius 1 is 0.962 bits per heavy atom. The van der Waals surface area contributed by atoms with Gasteiger partial charge in [-0.15, -0.1) is 4.40 Å². The largest absolute Gasteiger partial charge is 0.327 e. The normalized spacial score (nSPS) is 12.0. The lowest BCUT2D eigenvalue weighted by Gasteiger charge is -2.10. The van der Waals surface area contributed by atoms with Gasteiger partial charge in [0.15, 0.2) is 0 Å². The Morgan fingerprint density at radius 3 is 2.31 bits per heavy atom. The minimum Gasteiger partial charge on any atom is -0.327 e. The van der Waals surface area contributed by atoms with Crippen molar-refractivity contribution >= 4 is 21.7 Å². The van der Waals surface area contributed by atoms with Crippen molar-refractivity contribution in [3.05, 3.63) is 90.1 Å². The van der Waals surface area contributed by atoms with Gasteiger partial charge < -0.3 is 5.32 Å². The van der Waals surface area contributed by atoms with Crippen molar-refractivity contribution in [1.29, 1.82) is 0 Å². The van der Waals surface area contributed by atoms with Crippen LogP contribution in [0.25, 0.3) is 0 Å². The highest BCUT2D eigenvalue weighted by atomic mass is 32.2. The van der Waals surface area contributed by atoms with E-state index in [0.717, 1.165) is 11.1 Å². The Kier molecular flexibility index (Phi) is 5.43. The van der Waals surface area contributed by atoms with E-state index in [0.29, 0.717) is 18.1 Å². The zero-order valence-corrected chi connectivity index (χ0v) is 15.1. The van der Waals surface area contributed by atoms with Crippen LogP contribution in [0.15, 0.2) is 88.3 Å². The number of pyridine rings is 1. The quantitative estimate of drug-likeness (QED) is 0.551. The molecule has 1 N–H and O–H groups in total. The molecule has 0 amide bonds. The second-order valence-electron chi connectivity index (χ2n) is 5.83. The van der Waals surface area contributed by atoms with E-state index in [1.165, 1.54) is 0 Å². The summed E-state index contributed by atoms with van der Waals surface area (Å²) in [5, 5.41) is 3.02. The van der Waals surface area contributed by atoms with Crippen LogP contribution in [0.5, 0.6) is 0 Å². The summed E-state index contributed by atoms with van der Waals surface area (Å²) in [4.78, 5) is 4.35. The fourth-order valence-electron chi connectivity index (χ4n) is 2.38. The van der Waals surface area contributed by atoms with Gasteiger partial charge in [-0.05, 0) is 36.8 Å². The van der Waals surface area contributed by atoms with E-state index in [2.05, 4.69) is 14.7 Å². The van der Waals surface area contributed by atoms with Gasteiger partial charge in [0.2, 0.25) is 0 Å². The molecular formula is C20H19N3O2S. The topological polar surface area (TPSA) is 71.4 Å². The van der Waals surface area contributed by atoms with Crippen LogP contribution in [0.2, 0.25) is 0 Å². The number of nitrogens with zero attached hydrogens (tertiary/aromatic N) is 2. The Hall–Kier alpha value is -2.99. The van der Waals surface area contributed by atoms with Crippen LogP contribution in [0, 0.1) is 6.92 Å². The summed E-state index contributed by atoms with van der Waals surface area (Å²) in [6, 6.07) is 21.6. The van der Waals surface area contributed by atoms with Crippen LogP contribution in [-0.4, -0.2) is 19.2 Å². The van der Waals surface area contributed by atoms with E-state index in [4.69, 9.17) is 0 Å². The van der Waals surface area contributed by atoms with Crippen LogP contribution < -0.4 is 5.32 Å². The van der Waals surface area contributed by atoms with Crippen molar-refractivity contribution < 1.29 is 8.42 Å². The summed E-state index contributed by atoms with van der Waals surface area (Å²) in [6.45, 7) is 1.91. The van der Waals surface area contributed by atoms with Gasteiger partial charge in [-0.1, -0.05) is 54.1 Å². The minimum absolute atomic E-state index is 0.163. The molecule has 3 rings (SSSR count).